The van der Waals surface area contributed by atoms with Gasteiger partial charge in [-0.15, -0.1) is 0 Å². The smallest absolute Gasteiger partial charge is 0.492 e. The number of hydrogen-bond acceptors (Lipinski definition) is 5. The molecule has 1 fully saturated rings. The maximum atomic E-state index is 11.4. The van der Waals surface area contributed by atoms with Crippen molar-refractivity contribution in [1.82, 2.24) is 5.32 Å². The summed E-state index contributed by atoms with van der Waals surface area (Å²) in [6.45, 7) is 9.77. The van der Waals surface area contributed by atoms with Crippen LogP contribution in [0.4, 0.5) is 0 Å². The average Bonchev–Trinajstić information content (AvgIpc) is 2.78. The first kappa shape index (κ1) is 20.3. The molecule has 1 aliphatic rings. The maximum Gasteiger partial charge on any atom is 0.492 e. The Bertz CT molecular complexity index is 683. The van der Waals surface area contributed by atoms with Crippen LogP contribution in [0.5, 0.6) is 11.5 Å². The Morgan fingerprint density at radius 3 is 2.27 bits per heavy atom. The summed E-state index contributed by atoms with van der Waals surface area (Å²) in [5.41, 5.74) is 0.684. The van der Waals surface area contributed by atoms with Crippen LogP contribution in [0, 0.1) is 0 Å². The van der Waals surface area contributed by atoms with E-state index in [0.717, 1.165) is 11.0 Å². The molecule has 1 saturated heterocycles. The van der Waals surface area contributed by atoms with Crippen molar-refractivity contribution in [3.63, 3.8) is 0 Å². The minimum Gasteiger partial charge on any atom is -0.497 e. The Labute approximate surface area is 156 Å². The van der Waals surface area contributed by atoms with E-state index >= 15 is 0 Å². The number of rotatable bonds is 6. The highest BCUT2D eigenvalue weighted by atomic mass is 16.7. The van der Waals surface area contributed by atoms with Gasteiger partial charge in [0, 0.05) is 19.0 Å². The van der Waals surface area contributed by atoms with Gasteiger partial charge in [-0.05, 0) is 51.4 Å². The summed E-state index contributed by atoms with van der Waals surface area (Å²) >= 11 is 0. The number of ether oxygens (including phenoxy) is 2. The highest BCUT2D eigenvalue weighted by molar-refractivity contribution is 6.56. The van der Waals surface area contributed by atoms with Gasteiger partial charge in [-0.3, -0.25) is 4.79 Å². The van der Waals surface area contributed by atoms with Gasteiger partial charge >= 0.3 is 7.12 Å². The van der Waals surface area contributed by atoms with Crippen molar-refractivity contribution in [2.75, 3.05) is 20.8 Å². The molecule has 142 valence electrons. The lowest BCUT2D eigenvalue weighted by Gasteiger charge is -2.32. The fourth-order valence-electron chi connectivity index (χ4n) is 2.58. The Morgan fingerprint density at radius 2 is 1.77 bits per heavy atom. The molecule has 0 spiro atoms. The third-order valence-electron chi connectivity index (χ3n) is 4.88. The first-order chi connectivity index (χ1) is 12.1. The van der Waals surface area contributed by atoms with Crippen molar-refractivity contribution in [3.05, 3.63) is 29.2 Å². The number of nitrogens with one attached hydrogen (secondary N) is 1. The predicted molar refractivity (Wildman–Crippen MR) is 102 cm³/mol. The molecule has 1 N–H and O–H groups in total. The number of methoxy groups -OCH3 is 2. The lowest BCUT2D eigenvalue weighted by molar-refractivity contribution is -0.118. The Morgan fingerprint density at radius 1 is 1.15 bits per heavy atom. The third-order valence-corrected chi connectivity index (χ3v) is 4.88. The van der Waals surface area contributed by atoms with E-state index in [-0.39, 0.29) is 5.91 Å². The third kappa shape index (κ3) is 4.40. The highest BCUT2D eigenvalue weighted by Crippen LogP contribution is 2.39. The average molecular weight is 361 g/mol. The molecule has 26 heavy (non-hydrogen) atoms. The van der Waals surface area contributed by atoms with E-state index in [1.54, 1.807) is 14.2 Å². The molecule has 0 saturated carbocycles. The molecule has 1 aliphatic heterocycles. The minimum absolute atomic E-state index is 0.120. The zero-order valence-corrected chi connectivity index (χ0v) is 16.6. The van der Waals surface area contributed by atoms with Crippen LogP contribution in [0.2, 0.25) is 0 Å². The fourth-order valence-corrected chi connectivity index (χ4v) is 2.58. The molecule has 1 amide bonds. The summed E-state index contributed by atoms with van der Waals surface area (Å²) in [5, 5.41) is 2.82. The van der Waals surface area contributed by atoms with Gasteiger partial charge in [-0.2, -0.15) is 0 Å². The van der Waals surface area contributed by atoms with E-state index in [1.807, 2.05) is 52.0 Å². The largest absolute Gasteiger partial charge is 0.497 e. The molecule has 2 rings (SSSR count). The van der Waals surface area contributed by atoms with E-state index in [1.165, 1.54) is 6.92 Å². The molecule has 0 radical (unpaired) electrons. The minimum atomic E-state index is -0.567. The van der Waals surface area contributed by atoms with Crippen molar-refractivity contribution in [2.45, 2.75) is 45.8 Å². The van der Waals surface area contributed by atoms with Gasteiger partial charge < -0.3 is 24.1 Å². The molecule has 0 bridgehead atoms. The first-order valence-corrected chi connectivity index (χ1v) is 8.62. The molecule has 1 heterocycles. The van der Waals surface area contributed by atoms with Crippen molar-refractivity contribution >= 4 is 19.1 Å². The Hall–Kier alpha value is -1.99. The van der Waals surface area contributed by atoms with Gasteiger partial charge in [0.2, 0.25) is 5.91 Å². The predicted octanol–water partition coefficient (Wildman–Crippen LogP) is 2.85. The van der Waals surface area contributed by atoms with E-state index < -0.39 is 18.3 Å². The second-order valence-corrected chi connectivity index (χ2v) is 7.33. The topological polar surface area (TPSA) is 66.0 Å². The standard InChI is InChI=1S/C19H28BNO5/c1-13(22)21-12-15(20-25-18(2,3)19(4,5)26-20)10-14-11-16(23-6)8-9-17(14)24-7/h8-11H,12H2,1-7H3,(H,21,22). The van der Waals surface area contributed by atoms with Gasteiger partial charge in [-0.1, -0.05) is 6.08 Å². The number of carbonyl (C=O) groups is 1. The molecule has 0 atom stereocenters. The molecular formula is C19H28BNO5. The van der Waals surface area contributed by atoms with E-state index in [9.17, 15) is 4.79 Å². The van der Waals surface area contributed by atoms with Crippen LogP contribution >= 0.6 is 0 Å². The number of amides is 1. The quantitative estimate of drug-likeness (QED) is 0.790. The molecule has 0 aromatic heterocycles. The van der Waals surface area contributed by atoms with Gasteiger partial charge in [0.25, 0.3) is 0 Å². The number of carbonyl (C=O) groups excluding carboxylic acids is 1. The lowest BCUT2D eigenvalue weighted by Crippen LogP contribution is -2.41. The second kappa shape index (κ2) is 7.72. The Kier molecular flexibility index (Phi) is 6.03. The first-order valence-electron chi connectivity index (χ1n) is 8.62. The van der Waals surface area contributed by atoms with Gasteiger partial charge in [0.05, 0.1) is 25.4 Å². The van der Waals surface area contributed by atoms with E-state index in [2.05, 4.69) is 5.32 Å². The summed E-state index contributed by atoms with van der Waals surface area (Å²) in [5.74, 6) is 1.29. The van der Waals surface area contributed by atoms with Crippen LogP contribution in [-0.2, 0) is 14.1 Å². The molecule has 1 aromatic rings. The highest BCUT2D eigenvalue weighted by Gasteiger charge is 2.52. The number of hydrogen-bond donors (Lipinski definition) is 1. The molecule has 0 unspecified atom stereocenters. The van der Waals surface area contributed by atoms with Crippen LogP contribution in [0.3, 0.4) is 0 Å². The van der Waals surface area contributed by atoms with Crippen molar-refractivity contribution < 1.29 is 23.6 Å². The zero-order chi connectivity index (χ0) is 19.5. The van der Waals surface area contributed by atoms with Crippen LogP contribution in [0.15, 0.2) is 23.7 Å². The van der Waals surface area contributed by atoms with Crippen LogP contribution in [-0.4, -0.2) is 45.0 Å². The second-order valence-electron chi connectivity index (χ2n) is 7.33. The summed E-state index contributed by atoms with van der Waals surface area (Å²) in [6.07, 6.45) is 1.92. The lowest BCUT2D eigenvalue weighted by atomic mass is 9.77. The van der Waals surface area contributed by atoms with Gasteiger partial charge in [-0.25, -0.2) is 0 Å². The van der Waals surface area contributed by atoms with Crippen LogP contribution in [0.25, 0.3) is 6.08 Å². The molecular weight excluding hydrogens is 333 g/mol. The number of benzene rings is 1. The monoisotopic (exact) mass is 361 g/mol. The van der Waals surface area contributed by atoms with Crippen molar-refractivity contribution in [3.8, 4) is 11.5 Å². The van der Waals surface area contributed by atoms with Gasteiger partial charge in [0.1, 0.15) is 11.5 Å². The van der Waals surface area contributed by atoms with E-state index in [0.29, 0.717) is 18.0 Å². The molecule has 1 aromatic carbocycles. The zero-order valence-electron chi connectivity index (χ0n) is 16.6. The maximum absolute atomic E-state index is 11.4. The normalized spacial score (nSPS) is 18.6. The summed E-state index contributed by atoms with van der Waals surface area (Å²) in [7, 11) is 2.66. The summed E-state index contributed by atoms with van der Waals surface area (Å²) in [6, 6.07) is 5.54. The van der Waals surface area contributed by atoms with E-state index in [4.69, 9.17) is 18.8 Å². The van der Waals surface area contributed by atoms with Crippen LogP contribution in [0.1, 0.15) is 40.2 Å². The SMILES string of the molecule is COc1ccc(OC)c(C=C(CNC(C)=O)B2OC(C)(C)C(C)(C)O2)c1. The fraction of sp³-hybridized carbons (Fsp3) is 0.526. The molecule has 7 heteroatoms. The Balaban J connectivity index is 2.42. The molecule has 6 nitrogen and oxygen atoms in total. The van der Waals surface area contributed by atoms with Crippen molar-refractivity contribution in [1.29, 1.82) is 0 Å². The summed E-state index contributed by atoms with van der Waals surface area (Å²) < 4.78 is 23.0. The van der Waals surface area contributed by atoms with Crippen LogP contribution < -0.4 is 14.8 Å². The van der Waals surface area contributed by atoms with Crippen molar-refractivity contribution in [2.24, 2.45) is 0 Å². The summed E-state index contributed by atoms with van der Waals surface area (Å²) in [4.78, 5) is 11.4. The molecule has 0 aliphatic carbocycles. The van der Waals surface area contributed by atoms with Gasteiger partial charge in [0.15, 0.2) is 0 Å².